The molecule has 0 radical (unpaired) electrons. The third kappa shape index (κ3) is 3.45. The lowest BCUT2D eigenvalue weighted by Gasteiger charge is -2.11. The van der Waals surface area contributed by atoms with Gasteiger partial charge in [0.2, 0.25) is 11.6 Å². The molecular formula is C25H21N7OS. The molecule has 0 bridgehead atoms. The maximum absolute atomic E-state index is 13.3. The van der Waals surface area contributed by atoms with E-state index < -0.39 is 0 Å². The van der Waals surface area contributed by atoms with Gasteiger partial charge in [0.05, 0.1) is 23.1 Å². The van der Waals surface area contributed by atoms with Crippen LogP contribution >= 0.6 is 11.8 Å². The number of hydrogen-bond acceptors (Lipinski definition) is 6. The van der Waals surface area contributed by atoms with Crippen LogP contribution in [0.3, 0.4) is 0 Å². The lowest BCUT2D eigenvalue weighted by molar-refractivity contribution is 0.764. The van der Waals surface area contributed by atoms with Crippen molar-refractivity contribution in [1.29, 1.82) is 0 Å². The van der Waals surface area contributed by atoms with Crippen LogP contribution in [0.2, 0.25) is 0 Å². The third-order valence-electron chi connectivity index (χ3n) is 5.82. The van der Waals surface area contributed by atoms with Crippen LogP contribution in [0, 0.1) is 13.8 Å². The Balaban J connectivity index is 1.44. The van der Waals surface area contributed by atoms with Crippen LogP contribution in [-0.2, 0) is 12.3 Å². The van der Waals surface area contributed by atoms with E-state index >= 15 is 0 Å². The number of fused-ring (bicyclic) bond motifs is 4. The molecule has 6 aromatic rings. The summed E-state index contributed by atoms with van der Waals surface area (Å²) in [6.45, 7) is 4.44. The van der Waals surface area contributed by atoms with Crippen LogP contribution in [0.4, 0.5) is 0 Å². The Kier molecular flexibility index (Phi) is 4.91. The average molecular weight is 468 g/mol. The van der Waals surface area contributed by atoms with E-state index in [1.165, 1.54) is 0 Å². The lowest BCUT2D eigenvalue weighted by atomic mass is 10.2. The molecule has 0 unspecified atom stereocenters. The summed E-state index contributed by atoms with van der Waals surface area (Å²) >= 11 is 1.54. The minimum atomic E-state index is -0.0758. The second-order valence-corrected chi connectivity index (χ2v) is 9.18. The molecule has 8 nitrogen and oxygen atoms in total. The smallest absolute Gasteiger partial charge is 0.263 e. The van der Waals surface area contributed by atoms with Crippen LogP contribution in [-0.4, -0.2) is 33.5 Å². The van der Waals surface area contributed by atoms with Crippen LogP contribution in [0.25, 0.3) is 22.5 Å². The van der Waals surface area contributed by atoms with E-state index in [-0.39, 0.29) is 5.56 Å². The van der Waals surface area contributed by atoms with Gasteiger partial charge in [-0.05, 0) is 37.6 Å². The van der Waals surface area contributed by atoms with Crippen LogP contribution < -0.4 is 5.56 Å². The van der Waals surface area contributed by atoms with Crippen molar-refractivity contribution in [3.05, 3.63) is 99.9 Å². The van der Waals surface area contributed by atoms with Gasteiger partial charge in [0.15, 0.2) is 5.16 Å². The number of thioether (sulfide) groups is 1. The summed E-state index contributed by atoms with van der Waals surface area (Å²) in [5, 5.41) is 10.2. The Morgan fingerprint density at radius 2 is 1.74 bits per heavy atom. The molecule has 168 valence electrons. The topological polar surface area (TPSA) is 82.4 Å². The van der Waals surface area contributed by atoms with Gasteiger partial charge < -0.3 is 0 Å². The molecule has 9 heteroatoms. The fourth-order valence-corrected chi connectivity index (χ4v) is 5.09. The van der Waals surface area contributed by atoms with Crippen molar-refractivity contribution < 1.29 is 0 Å². The highest BCUT2D eigenvalue weighted by atomic mass is 32.2. The molecule has 6 rings (SSSR count). The molecule has 0 amide bonds. The van der Waals surface area contributed by atoms with Crippen molar-refractivity contribution in [2.45, 2.75) is 31.3 Å². The van der Waals surface area contributed by atoms with Crippen LogP contribution in [0.15, 0.2) is 76.8 Å². The molecule has 0 fully saturated rings. The average Bonchev–Trinajstić information content (AvgIpc) is 3.45. The third-order valence-corrected chi connectivity index (χ3v) is 6.78. The summed E-state index contributed by atoms with van der Waals surface area (Å²) < 4.78 is 5.65. The number of para-hydroxylation sites is 1. The van der Waals surface area contributed by atoms with Gasteiger partial charge in [0.25, 0.3) is 5.56 Å². The summed E-state index contributed by atoms with van der Waals surface area (Å²) in [6, 6.07) is 19.5. The van der Waals surface area contributed by atoms with Crippen molar-refractivity contribution in [1.82, 2.24) is 33.5 Å². The normalized spacial score (nSPS) is 11.7. The van der Waals surface area contributed by atoms with Gasteiger partial charge in [-0.3, -0.25) is 18.2 Å². The number of hydrogen-bond donors (Lipinski definition) is 0. The number of nitrogens with zero attached hydrogens (tertiary/aromatic N) is 7. The molecule has 0 aliphatic rings. The number of aromatic nitrogens is 7. The zero-order valence-electron chi connectivity index (χ0n) is 18.7. The van der Waals surface area contributed by atoms with Gasteiger partial charge in [-0.1, -0.05) is 54.2 Å². The Bertz CT molecular complexity index is 1730. The summed E-state index contributed by atoms with van der Waals surface area (Å²) in [4.78, 5) is 22.6. The Labute approximate surface area is 198 Å². The van der Waals surface area contributed by atoms with Gasteiger partial charge in [0, 0.05) is 23.3 Å². The van der Waals surface area contributed by atoms with Gasteiger partial charge in [0.1, 0.15) is 0 Å². The fourth-order valence-electron chi connectivity index (χ4n) is 4.26. The molecular weight excluding hydrogens is 446 g/mol. The molecule has 0 N–H and O–H groups in total. The van der Waals surface area contributed by atoms with Gasteiger partial charge >= 0.3 is 0 Å². The van der Waals surface area contributed by atoms with E-state index in [2.05, 4.69) is 20.2 Å². The lowest BCUT2D eigenvalue weighted by Crippen LogP contribution is -2.24. The number of imidazole rings is 1. The van der Waals surface area contributed by atoms with Crippen molar-refractivity contribution >= 4 is 34.2 Å². The summed E-state index contributed by atoms with van der Waals surface area (Å²) in [5.41, 5.74) is 4.69. The van der Waals surface area contributed by atoms with E-state index in [9.17, 15) is 4.79 Å². The number of rotatable bonds is 5. The van der Waals surface area contributed by atoms with Crippen molar-refractivity contribution in [2.75, 3.05) is 0 Å². The quantitative estimate of drug-likeness (QED) is 0.356. The van der Waals surface area contributed by atoms with E-state index in [4.69, 9.17) is 0 Å². The van der Waals surface area contributed by atoms with Crippen LogP contribution in [0.5, 0.6) is 0 Å². The molecule has 34 heavy (non-hydrogen) atoms. The summed E-state index contributed by atoms with van der Waals surface area (Å²) in [6.07, 6.45) is 2.01. The second-order valence-electron chi connectivity index (χ2n) is 8.24. The summed E-state index contributed by atoms with van der Waals surface area (Å²) in [5.74, 6) is 1.83. The first-order valence-corrected chi connectivity index (χ1v) is 11.9. The zero-order valence-corrected chi connectivity index (χ0v) is 19.5. The predicted molar refractivity (Wildman–Crippen MR) is 132 cm³/mol. The van der Waals surface area contributed by atoms with Gasteiger partial charge in [-0.25, -0.2) is 9.97 Å². The molecule has 4 aromatic heterocycles. The van der Waals surface area contributed by atoms with E-state index in [1.807, 2.05) is 89.5 Å². The van der Waals surface area contributed by atoms with E-state index in [0.717, 1.165) is 28.2 Å². The maximum Gasteiger partial charge on any atom is 0.263 e. The molecule has 0 saturated carbocycles. The highest BCUT2D eigenvalue weighted by Crippen LogP contribution is 2.25. The van der Waals surface area contributed by atoms with Crippen molar-refractivity contribution in [3.8, 4) is 0 Å². The molecule has 0 spiro atoms. The SMILES string of the molecule is Cc1cc(C)n2cc(CSc3nnc4n(Cc5ccccc5)c(=O)c5ccccc5n34)nc2n1. The second kappa shape index (κ2) is 8.11. The number of benzene rings is 2. The first-order chi connectivity index (χ1) is 16.6. The number of aryl methyl sites for hydroxylation is 2. The molecule has 0 aliphatic carbocycles. The van der Waals surface area contributed by atoms with Crippen LogP contribution in [0.1, 0.15) is 22.6 Å². The van der Waals surface area contributed by atoms with Crippen molar-refractivity contribution in [2.24, 2.45) is 0 Å². The molecule has 0 saturated heterocycles. The van der Waals surface area contributed by atoms with Crippen molar-refractivity contribution in [3.63, 3.8) is 0 Å². The minimum absolute atomic E-state index is 0.0758. The highest BCUT2D eigenvalue weighted by molar-refractivity contribution is 7.98. The summed E-state index contributed by atoms with van der Waals surface area (Å²) in [7, 11) is 0. The Hall–Kier alpha value is -3.98. The fraction of sp³-hybridized carbons (Fsp3) is 0.160. The molecule has 2 aromatic carbocycles. The monoisotopic (exact) mass is 467 g/mol. The highest BCUT2D eigenvalue weighted by Gasteiger charge is 2.17. The first kappa shape index (κ1) is 20.6. The van der Waals surface area contributed by atoms with Gasteiger partial charge in [-0.2, -0.15) is 0 Å². The first-order valence-electron chi connectivity index (χ1n) is 10.9. The van der Waals surface area contributed by atoms with Gasteiger partial charge in [-0.15, -0.1) is 10.2 Å². The molecule has 0 aliphatic heterocycles. The Morgan fingerprint density at radius 1 is 0.941 bits per heavy atom. The van der Waals surface area contributed by atoms with E-state index in [1.54, 1.807) is 16.3 Å². The standard InChI is InChI=1S/C25H21N7OS/c1-16-12-17(2)30-14-19(27-23(30)26-16)15-34-25-29-28-24-31(13-18-8-4-3-5-9-18)22(33)20-10-6-7-11-21(20)32(24)25/h3-12,14H,13,15H2,1-2H3. The maximum atomic E-state index is 13.3. The zero-order chi connectivity index (χ0) is 23.2. The molecule has 0 atom stereocenters. The minimum Gasteiger partial charge on any atom is -0.288 e. The largest absolute Gasteiger partial charge is 0.288 e. The Morgan fingerprint density at radius 3 is 2.59 bits per heavy atom. The van der Waals surface area contributed by atoms with E-state index in [0.29, 0.717) is 34.4 Å². The molecule has 4 heterocycles. The predicted octanol–water partition coefficient (Wildman–Crippen LogP) is 4.04.